The number of ketones is 1. The standard InChI is InChI=1S/C18H28N2O/c1-14-7-9-15(10-8-14)18(21)13-16-11-12-20(19-16)17-5-3-2-4-6-17/h11-12,14-15,17H,2-10,13H2,1H3. The Balaban J connectivity index is 1.55. The average molecular weight is 288 g/mol. The highest BCUT2D eigenvalue weighted by Crippen LogP contribution is 2.30. The van der Waals surface area contributed by atoms with Crippen molar-refractivity contribution in [2.24, 2.45) is 11.8 Å². The van der Waals surface area contributed by atoms with Crippen molar-refractivity contribution in [1.29, 1.82) is 0 Å². The SMILES string of the molecule is CC1CCC(C(=O)Cc2ccn(C3CCCCC3)n2)CC1. The van der Waals surface area contributed by atoms with Gasteiger partial charge in [-0.3, -0.25) is 9.48 Å². The molecule has 3 rings (SSSR count). The molecule has 0 radical (unpaired) electrons. The highest BCUT2D eigenvalue weighted by atomic mass is 16.1. The third-order valence-corrected chi connectivity index (χ3v) is 5.44. The number of Topliss-reactive ketones (excluding diaryl/α,β-unsaturated/α-hetero) is 1. The molecule has 1 heterocycles. The second kappa shape index (κ2) is 6.76. The van der Waals surface area contributed by atoms with Gasteiger partial charge in [-0.05, 0) is 37.7 Å². The number of carbonyl (C=O) groups excluding carboxylic acids is 1. The van der Waals surface area contributed by atoms with E-state index < -0.39 is 0 Å². The number of hydrogen-bond donors (Lipinski definition) is 0. The van der Waals surface area contributed by atoms with Crippen LogP contribution in [0.4, 0.5) is 0 Å². The lowest BCUT2D eigenvalue weighted by atomic mass is 9.80. The van der Waals surface area contributed by atoms with Gasteiger partial charge < -0.3 is 0 Å². The molecule has 0 atom stereocenters. The summed E-state index contributed by atoms with van der Waals surface area (Å²) in [5, 5.41) is 4.68. The second-order valence-corrected chi connectivity index (χ2v) is 7.18. The minimum absolute atomic E-state index is 0.293. The summed E-state index contributed by atoms with van der Waals surface area (Å²) < 4.78 is 2.12. The normalized spacial score (nSPS) is 27.7. The quantitative estimate of drug-likeness (QED) is 0.826. The Morgan fingerprint density at radius 1 is 1.14 bits per heavy atom. The van der Waals surface area contributed by atoms with Crippen molar-refractivity contribution in [3.8, 4) is 0 Å². The summed E-state index contributed by atoms with van der Waals surface area (Å²) in [6.07, 6.45) is 13.7. The molecule has 0 aliphatic heterocycles. The molecule has 0 N–H and O–H groups in total. The number of rotatable bonds is 4. The van der Waals surface area contributed by atoms with Crippen molar-refractivity contribution >= 4 is 5.78 Å². The van der Waals surface area contributed by atoms with Crippen LogP contribution in [0.5, 0.6) is 0 Å². The minimum atomic E-state index is 0.293. The zero-order chi connectivity index (χ0) is 14.7. The van der Waals surface area contributed by atoms with Gasteiger partial charge in [0.1, 0.15) is 5.78 Å². The maximum absolute atomic E-state index is 12.4. The van der Waals surface area contributed by atoms with E-state index in [9.17, 15) is 4.79 Å². The molecule has 21 heavy (non-hydrogen) atoms. The number of carbonyl (C=O) groups is 1. The third kappa shape index (κ3) is 3.75. The fourth-order valence-electron chi connectivity index (χ4n) is 3.93. The first-order valence-electron chi connectivity index (χ1n) is 8.79. The van der Waals surface area contributed by atoms with E-state index in [-0.39, 0.29) is 0 Å². The second-order valence-electron chi connectivity index (χ2n) is 7.18. The van der Waals surface area contributed by atoms with E-state index >= 15 is 0 Å². The summed E-state index contributed by atoms with van der Waals surface area (Å²) in [4.78, 5) is 12.4. The lowest BCUT2D eigenvalue weighted by Crippen LogP contribution is -2.22. The van der Waals surface area contributed by atoms with Gasteiger partial charge in [-0.25, -0.2) is 0 Å². The molecule has 2 saturated carbocycles. The smallest absolute Gasteiger partial charge is 0.141 e. The highest BCUT2D eigenvalue weighted by Gasteiger charge is 2.25. The molecular formula is C18H28N2O. The van der Waals surface area contributed by atoms with Crippen LogP contribution in [0.2, 0.25) is 0 Å². The Morgan fingerprint density at radius 3 is 2.57 bits per heavy atom. The van der Waals surface area contributed by atoms with E-state index in [4.69, 9.17) is 0 Å². The Labute approximate surface area is 128 Å². The van der Waals surface area contributed by atoms with Crippen molar-refractivity contribution < 1.29 is 4.79 Å². The van der Waals surface area contributed by atoms with Gasteiger partial charge in [-0.15, -0.1) is 0 Å². The van der Waals surface area contributed by atoms with E-state index in [1.54, 1.807) is 0 Å². The van der Waals surface area contributed by atoms with Crippen molar-refractivity contribution in [3.63, 3.8) is 0 Å². The Bertz CT molecular complexity index is 465. The van der Waals surface area contributed by atoms with Crippen molar-refractivity contribution in [1.82, 2.24) is 9.78 Å². The molecule has 1 aromatic heterocycles. The van der Waals surface area contributed by atoms with Crippen LogP contribution in [0.3, 0.4) is 0 Å². The van der Waals surface area contributed by atoms with Gasteiger partial charge >= 0.3 is 0 Å². The molecule has 0 unspecified atom stereocenters. The zero-order valence-corrected chi connectivity index (χ0v) is 13.3. The van der Waals surface area contributed by atoms with E-state index in [1.807, 2.05) is 0 Å². The highest BCUT2D eigenvalue weighted by molar-refractivity contribution is 5.82. The Morgan fingerprint density at radius 2 is 1.86 bits per heavy atom. The van der Waals surface area contributed by atoms with Crippen LogP contribution in [0.1, 0.15) is 76.4 Å². The molecule has 0 saturated heterocycles. The molecule has 116 valence electrons. The van der Waals surface area contributed by atoms with E-state index in [0.717, 1.165) is 24.5 Å². The van der Waals surface area contributed by atoms with Crippen LogP contribution in [-0.2, 0) is 11.2 Å². The van der Waals surface area contributed by atoms with Crippen LogP contribution in [0, 0.1) is 11.8 Å². The molecule has 3 heteroatoms. The largest absolute Gasteiger partial charge is 0.299 e. The maximum atomic E-state index is 12.4. The fourth-order valence-corrected chi connectivity index (χ4v) is 3.93. The lowest BCUT2D eigenvalue weighted by Gasteiger charge is -2.24. The topological polar surface area (TPSA) is 34.9 Å². The molecule has 0 amide bonds. The van der Waals surface area contributed by atoms with Crippen LogP contribution in [-0.4, -0.2) is 15.6 Å². The summed E-state index contributed by atoms with van der Waals surface area (Å²) in [5.41, 5.74) is 0.976. The first-order chi connectivity index (χ1) is 10.2. The van der Waals surface area contributed by atoms with Gasteiger partial charge in [0.15, 0.2) is 0 Å². The number of hydrogen-bond acceptors (Lipinski definition) is 2. The van der Waals surface area contributed by atoms with Crippen LogP contribution in [0.25, 0.3) is 0 Å². The monoisotopic (exact) mass is 288 g/mol. The molecule has 3 nitrogen and oxygen atoms in total. The van der Waals surface area contributed by atoms with Crippen molar-refractivity contribution in [3.05, 3.63) is 18.0 Å². The zero-order valence-electron chi connectivity index (χ0n) is 13.3. The molecule has 0 spiro atoms. The molecule has 1 aromatic rings. The Hall–Kier alpha value is -1.12. The first kappa shape index (κ1) is 14.8. The minimum Gasteiger partial charge on any atom is -0.299 e. The van der Waals surface area contributed by atoms with Gasteiger partial charge in [0, 0.05) is 12.1 Å². The summed E-state index contributed by atoms with van der Waals surface area (Å²) in [5.74, 6) is 1.51. The lowest BCUT2D eigenvalue weighted by molar-refractivity contribution is -0.123. The predicted molar refractivity (Wildman–Crippen MR) is 84.2 cm³/mol. The van der Waals surface area contributed by atoms with Crippen LogP contribution >= 0.6 is 0 Å². The van der Waals surface area contributed by atoms with Gasteiger partial charge in [-0.1, -0.05) is 39.0 Å². The van der Waals surface area contributed by atoms with Crippen LogP contribution in [0.15, 0.2) is 12.3 Å². The third-order valence-electron chi connectivity index (χ3n) is 5.44. The molecular weight excluding hydrogens is 260 g/mol. The summed E-state index contributed by atoms with van der Waals surface area (Å²) >= 11 is 0. The van der Waals surface area contributed by atoms with E-state index in [0.29, 0.717) is 24.2 Å². The molecule has 2 aliphatic carbocycles. The molecule has 0 aromatic carbocycles. The molecule has 0 bridgehead atoms. The maximum Gasteiger partial charge on any atom is 0.141 e. The van der Waals surface area contributed by atoms with Gasteiger partial charge in [-0.2, -0.15) is 5.10 Å². The number of aromatic nitrogens is 2. The predicted octanol–water partition coefficient (Wildman–Crippen LogP) is 4.33. The van der Waals surface area contributed by atoms with Gasteiger partial charge in [0.05, 0.1) is 18.2 Å². The van der Waals surface area contributed by atoms with Gasteiger partial charge in [0.25, 0.3) is 0 Å². The van der Waals surface area contributed by atoms with Crippen LogP contribution < -0.4 is 0 Å². The fraction of sp³-hybridized carbons (Fsp3) is 0.778. The first-order valence-corrected chi connectivity index (χ1v) is 8.79. The molecule has 2 aliphatic rings. The molecule has 2 fully saturated rings. The van der Waals surface area contributed by atoms with E-state index in [2.05, 4.69) is 29.0 Å². The van der Waals surface area contributed by atoms with Crippen molar-refractivity contribution in [2.45, 2.75) is 77.2 Å². The summed E-state index contributed by atoms with van der Waals surface area (Å²) in [6, 6.07) is 2.62. The van der Waals surface area contributed by atoms with Gasteiger partial charge in [0.2, 0.25) is 0 Å². The summed E-state index contributed by atoms with van der Waals surface area (Å²) in [7, 11) is 0. The number of nitrogens with zero attached hydrogens (tertiary/aromatic N) is 2. The Kier molecular flexibility index (Phi) is 4.77. The van der Waals surface area contributed by atoms with Crippen molar-refractivity contribution in [2.75, 3.05) is 0 Å². The average Bonchev–Trinajstić information content (AvgIpc) is 2.97. The summed E-state index contributed by atoms with van der Waals surface area (Å²) in [6.45, 7) is 2.30. The van der Waals surface area contributed by atoms with E-state index in [1.165, 1.54) is 44.9 Å².